The molecule has 0 atom stereocenters. The number of aromatic nitrogens is 1. The van der Waals surface area contributed by atoms with Gasteiger partial charge < -0.3 is 20.1 Å². The molecule has 0 amide bonds. The summed E-state index contributed by atoms with van der Waals surface area (Å²) in [6.45, 7) is 1.75. The molecule has 1 aromatic heterocycles. The van der Waals surface area contributed by atoms with Crippen molar-refractivity contribution < 1.29 is 44.2 Å². The van der Waals surface area contributed by atoms with Crippen molar-refractivity contribution in [2.75, 3.05) is 62.2 Å². The number of nitriles is 1. The minimum Gasteiger partial charge on any atom is -0.395 e. The van der Waals surface area contributed by atoms with Crippen LogP contribution in [0.15, 0.2) is 72.7 Å². The van der Waals surface area contributed by atoms with Crippen LogP contribution in [0.1, 0.15) is 17.5 Å². The molecule has 0 saturated carbocycles. The molecule has 1 heterocycles. The van der Waals surface area contributed by atoms with Crippen LogP contribution in [0, 0.1) is 18.3 Å². The molecule has 4 N–H and O–H groups in total. The molecule has 3 aromatic rings. The minimum atomic E-state index is -4.88. The number of hydrogen-bond donors (Lipinski definition) is 4. The average Bonchev–Trinajstić information content (AvgIpc) is 3.03. The fraction of sp³-hybridized carbons (Fsp3) is 0.357. The first-order valence-corrected chi connectivity index (χ1v) is 18.9. The lowest BCUT2D eigenvalue weighted by Crippen LogP contribution is -2.29. The third-order valence-corrected chi connectivity index (χ3v) is 10.1. The number of hydrogen-bond acceptors (Lipinski definition) is 16. The first-order chi connectivity index (χ1) is 23.0. The topological polar surface area (TPSA) is 274 Å². The van der Waals surface area contributed by atoms with Crippen LogP contribution in [-0.4, -0.2) is 96.4 Å². The molecule has 2 aromatic carbocycles. The van der Waals surface area contributed by atoms with Gasteiger partial charge in [-0.15, -0.1) is 10.2 Å². The molecule has 0 bridgehead atoms. The number of aliphatic hydroxyl groups is 1. The van der Waals surface area contributed by atoms with Crippen molar-refractivity contribution >= 4 is 64.5 Å². The number of sulfone groups is 1. The van der Waals surface area contributed by atoms with Gasteiger partial charge in [0.2, 0.25) is 0 Å². The van der Waals surface area contributed by atoms with Crippen molar-refractivity contribution in [2.24, 2.45) is 20.5 Å². The molecule has 0 aliphatic carbocycles. The monoisotopic (exact) mass is 738 g/mol. The Morgan fingerprint density at radius 3 is 2.18 bits per heavy atom. The first kappa shape index (κ1) is 39.0. The zero-order valence-corrected chi connectivity index (χ0v) is 29.0. The largest absolute Gasteiger partial charge is 0.395 e. The zero-order valence-electron chi connectivity index (χ0n) is 26.5. The summed E-state index contributed by atoms with van der Waals surface area (Å²) in [5.74, 6) is -0.418. The van der Waals surface area contributed by atoms with E-state index >= 15 is 0 Å². The summed E-state index contributed by atoms with van der Waals surface area (Å²) >= 11 is 0. The van der Waals surface area contributed by atoms with Gasteiger partial charge in [-0.05, 0) is 55.8 Å². The standard InChI is InChI=1S/C28H34N8O10S3/c1-19-23(18-29)28(36(2)12-15-47(38,39)16-13-37)31-27(30-11-4-14-46-3)26(19)35-34-24-10-7-21(17-25(24)49(43,44)45)33-32-20-5-8-22(9-6-20)48(40,41)42/h5-10,17,37H,4,11-16H2,1-3H3,(H,30,31)(H,40,41,42)(H,43,44,45). The Hall–Kier alpha value is -4.43. The number of anilines is 2. The average molecular weight is 739 g/mol. The third-order valence-electron chi connectivity index (χ3n) is 6.72. The van der Waals surface area contributed by atoms with E-state index < -0.39 is 47.3 Å². The Balaban J connectivity index is 2.03. The molecular weight excluding hydrogens is 705 g/mol. The number of ether oxygens (including phenoxy) is 1. The van der Waals surface area contributed by atoms with Gasteiger partial charge in [-0.25, -0.2) is 13.4 Å². The van der Waals surface area contributed by atoms with Crippen LogP contribution < -0.4 is 10.2 Å². The van der Waals surface area contributed by atoms with E-state index in [1.165, 1.54) is 36.3 Å². The van der Waals surface area contributed by atoms with E-state index in [2.05, 4.69) is 30.8 Å². The lowest BCUT2D eigenvalue weighted by Gasteiger charge is -2.22. The Bertz CT molecular complexity index is 2080. The van der Waals surface area contributed by atoms with Crippen LogP contribution >= 0.6 is 0 Å². The van der Waals surface area contributed by atoms with Gasteiger partial charge in [0.15, 0.2) is 15.7 Å². The van der Waals surface area contributed by atoms with E-state index in [1.807, 2.05) is 6.07 Å². The summed E-state index contributed by atoms with van der Waals surface area (Å²) in [5.41, 5.74) is 0.259. The number of rotatable bonds is 17. The van der Waals surface area contributed by atoms with Crippen LogP contribution in [0.4, 0.5) is 34.4 Å². The molecule has 21 heteroatoms. The second-order valence-electron chi connectivity index (χ2n) is 10.3. The van der Waals surface area contributed by atoms with Crippen molar-refractivity contribution in [2.45, 2.75) is 23.1 Å². The first-order valence-electron chi connectivity index (χ1n) is 14.2. The lowest BCUT2D eigenvalue weighted by atomic mass is 10.1. The van der Waals surface area contributed by atoms with Crippen molar-refractivity contribution in [1.82, 2.24) is 4.98 Å². The van der Waals surface area contributed by atoms with Gasteiger partial charge in [0.25, 0.3) is 20.2 Å². The van der Waals surface area contributed by atoms with E-state index in [0.29, 0.717) is 19.6 Å². The summed E-state index contributed by atoms with van der Waals surface area (Å²) in [7, 11) is -9.77. The van der Waals surface area contributed by atoms with Crippen molar-refractivity contribution in [3.63, 3.8) is 0 Å². The van der Waals surface area contributed by atoms with E-state index in [1.54, 1.807) is 14.0 Å². The molecule has 0 unspecified atom stereocenters. The van der Waals surface area contributed by atoms with E-state index in [-0.39, 0.29) is 62.7 Å². The molecular formula is C28H34N8O10S3. The molecule has 0 fully saturated rings. The maximum Gasteiger partial charge on any atom is 0.296 e. The Morgan fingerprint density at radius 1 is 0.939 bits per heavy atom. The zero-order chi connectivity index (χ0) is 36.4. The predicted molar refractivity (Wildman–Crippen MR) is 179 cm³/mol. The highest BCUT2D eigenvalue weighted by Crippen LogP contribution is 2.37. The Labute approximate surface area is 283 Å². The second-order valence-corrected chi connectivity index (χ2v) is 15.4. The molecule has 0 aliphatic heterocycles. The van der Waals surface area contributed by atoms with Crippen LogP contribution in [-0.2, 0) is 34.8 Å². The minimum absolute atomic E-state index is 0.0241. The number of methoxy groups -OCH3 is 1. The Kier molecular flexibility index (Phi) is 13.4. The summed E-state index contributed by atoms with van der Waals surface area (Å²) < 4.78 is 95.6. The number of nitrogens with zero attached hydrogens (tertiary/aromatic N) is 7. The van der Waals surface area contributed by atoms with Crippen LogP contribution in [0.3, 0.4) is 0 Å². The summed E-state index contributed by atoms with van der Waals surface area (Å²) in [4.78, 5) is 4.98. The number of benzene rings is 2. The van der Waals surface area contributed by atoms with Crippen molar-refractivity contribution in [1.29, 1.82) is 5.26 Å². The number of aliphatic hydroxyl groups excluding tert-OH is 1. The highest BCUT2D eigenvalue weighted by molar-refractivity contribution is 7.91. The molecule has 18 nitrogen and oxygen atoms in total. The summed E-state index contributed by atoms with van der Waals surface area (Å²) in [6, 6.07) is 10.3. The van der Waals surface area contributed by atoms with Gasteiger partial charge >= 0.3 is 0 Å². The highest BCUT2D eigenvalue weighted by atomic mass is 32.2. The smallest absolute Gasteiger partial charge is 0.296 e. The number of pyridine rings is 1. The van der Waals surface area contributed by atoms with Gasteiger partial charge in [0, 0.05) is 39.4 Å². The van der Waals surface area contributed by atoms with Crippen LogP contribution in [0.25, 0.3) is 0 Å². The van der Waals surface area contributed by atoms with Crippen molar-refractivity contribution in [3.05, 3.63) is 53.6 Å². The molecule has 3 rings (SSSR count). The lowest BCUT2D eigenvalue weighted by molar-refractivity contribution is 0.198. The molecule has 49 heavy (non-hydrogen) atoms. The number of nitrogens with one attached hydrogen (secondary N) is 1. The van der Waals surface area contributed by atoms with Crippen LogP contribution in [0.5, 0.6) is 0 Å². The second kappa shape index (κ2) is 16.8. The summed E-state index contributed by atoms with van der Waals surface area (Å²) in [5, 5.41) is 38.2. The summed E-state index contributed by atoms with van der Waals surface area (Å²) in [6.07, 6.45) is 0.548. The van der Waals surface area contributed by atoms with E-state index in [0.717, 1.165) is 18.2 Å². The van der Waals surface area contributed by atoms with E-state index in [4.69, 9.17) is 14.4 Å². The predicted octanol–water partition coefficient (Wildman–Crippen LogP) is 3.88. The third kappa shape index (κ3) is 11.0. The maximum atomic E-state index is 12.3. The fourth-order valence-electron chi connectivity index (χ4n) is 4.14. The van der Waals surface area contributed by atoms with Gasteiger partial charge in [0.05, 0.1) is 39.9 Å². The highest BCUT2D eigenvalue weighted by Gasteiger charge is 2.22. The molecule has 0 saturated heterocycles. The van der Waals surface area contributed by atoms with Gasteiger partial charge in [-0.3, -0.25) is 9.11 Å². The number of azo groups is 2. The molecule has 264 valence electrons. The molecule has 0 aliphatic rings. The van der Waals surface area contributed by atoms with Gasteiger partial charge in [-0.1, -0.05) is 0 Å². The quantitative estimate of drug-likeness (QED) is 0.0869. The Morgan fingerprint density at radius 2 is 1.59 bits per heavy atom. The van der Waals surface area contributed by atoms with Crippen LogP contribution in [0.2, 0.25) is 0 Å². The normalized spacial score (nSPS) is 12.4. The fourth-order valence-corrected chi connectivity index (χ4v) is 6.30. The van der Waals surface area contributed by atoms with Gasteiger partial charge in [0.1, 0.15) is 28.2 Å². The van der Waals surface area contributed by atoms with Crippen molar-refractivity contribution in [3.8, 4) is 6.07 Å². The van der Waals surface area contributed by atoms with E-state index in [9.17, 15) is 35.1 Å². The SMILES string of the molecule is COCCCNc1nc(N(C)CCS(=O)(=O)CCO)c(C#N)c(C)c1N=Nc1ccc(N=Nc2ccc(S(=O)(=O)O)cc2)cc1S(=O)(=O)O. The molecule has 0 radical (unpaired) electrons. The van der Waals surface area contributed by atoms with Gasteiger partial charge in [-0.2, -0.15) is 32.3 Å². The maximum absolute atomic E-state index is 12.3. The molecule has 0 spiro atoms.